The number of rotatable bonds is 4. The van der Waals surface area contributed by atoms with Crippen LogP contribution in [0.25, 0.3) is 0 Å². The van der Waals surface area contributed by atoms with Crippen molar-refractivity contribution in [1.82, 2.24) is 9.80 Å². The van der Waals surface area contributed by atoms with Gasteiger partial charge in [0.2, 0.25) is 11.8 Å². The lowest BCUT2D eigenvalue weighted by molar-refractivity contribution is -0.163. The molecule has 0 bridgehead atoms. The second-order valence-electron chi connectivity index (χ2n) is 6.21. The van der Waals surface area contributed by atoms with E-state index >= 15 is 0 Å². The van der Waals surface area contributed by atoms with Gasteiger partial charge in [-0.3, -0.25) is 19.4 Å². The molecule has 4 atom stereocenters. The van der Waals surface area contributed by atoms with Gasteiger partial charge in [0.15, 0.2) is 24.5 Å². The van der Waals surface area contributed by atoms with E-state index in [4.69, 9.17) is 29.9 Å². The van der Waals surface area contributed by atoms with Crippen LogP contribution in [0, 0.1) is 0 Å². The van der Waals surface area contributed by atoms with E-state index in [1.165, 1.54) is 22.0 Å². The molecule has 152 valence electrons. The zero-order valence-electron chi connectivity index (χ0n) is 14.4. The third-order valence-electron chi connectivity index (χ3n) is 4.59. The van der Waals surface area contributed by atoms with Gasteiger partial charge >= 0.3 is 11.9 Å². The van der Waals surface area contributed by atoms with Gasteiger partial charge in [0, 0.05) is 0 Å². The first kappa shape index (κ1) is 19.6. The summed E-state index contributed by atoms with van der Waals surface area (Å²) in [6.45, 7) is -0.596. The molecule has 0 aromatic heterocycles. The number of fused-ring (bicyclic) bond motifs is 2. The molecule has 4 aliphatic heterocycles. The first-order valence-corrected chi connectivity index (χ1v) is 8.33. The Balaban J connectivity index is 0.000000161. The molecule has 12 heteroatoms. The lowest BCUT2D eigenvalue weighted by atomic mass is 10.1. The Hall–Kier alpha value is -3.12. The summed E-state index contributed by atoms with van der Waals surface area (Å²) in [6, 6.07) is -2.12. The highest BCUT2D eigenvalue weighted by atomic mass is 16.5. The van der Waals surface area contributed by atoms with Crippen molar-refractivity contribution >= 4 is 23.8 Å². The topological polar surface area (TPSA) is 174 Å². The van der Waals surface area contributed by atoms with Gasteiger partial charge in [-0.25, -0.2) is 9.59 Å². The molecular weight excluding hydrogens is 380 g/mol. The first-order valence-electron chi connectivity index (χ1n) is 8.33. The molecule has 0 radical (unpaired) electrons. The number of aliphatic hydroxyl groups excluding tert-OH is 2. The molecule has 0 aromatic rings. The molecule has 4 rings (SSSR count). The quantitative estimate of drug-likeness (QED) is 0.381. The molecule has 4 saturated heterocycles. The zero-order chi connectivity index (χ0) is 20.6. The second kappa shape index (κ2) is 7.48. The Morgan fingerprint density at radius 2 is 1.21 bits per heavy atom. The molecule has 0 unspecified atom stereocenters. The highest BCUT2D eigenvalue weighted by Gasteiger charge is 2.54. The highest BCUT2D eigenvalue weighted by molar-refractivity contribution is 5.91. The normalized spacial score (nSPS) is 32.5. The Labute approximate surface area is 157 Å². The zero-order valence-corrected chi connectivity index (χ0v) is 14.4. The SMILES string of the molecule is O=C(O)[C@H]1/C(=C/CO)O[C@@H]2CC(=O)N21.O=C(O)[C@H]1/C(=C/CO)O[C@@H]2CC(=O)N21. The van der Waals surface area contributed by atoms with Crippen LogP contribution in [0.5, 0.6) is 0 Å². The van der Waals surface area contributed by atoms with Crippen molar-refractivity contribution in [3.8, 4) is 0 Å². The van der Waals surface area contributed by atoms with Gasteiger partial charge < -0.3 is 29.9 Å². The van der Waals surface area contributed by atoms with Crippen molar-refractivity contribution in [1.29, 1.82) is 0 Å². The molecule has 28 heavy (non-hydrogen) atoms. The largest absolute Gasteiger partial charge is 0.479 e. The minimum Gasteiger partial charge on any atom is -0.479 e. The summed E-state index contributed by atoms with van der Waals surface area (Å²) >= 11 is 0. The van der Waals surface area contributed by atoms with E-state index in [0.29, 0.717) is 0 Å². The minimum absolute atomic E-state index is 0.149. The number of carboxylic acids is 2. The molecule has 2 amide bonds. The van der Waals surface area contributed by atoms with Gasteiger partial charge in [-0.2, -0.15) is 0 Å². The van der Waals surface area contributed by atoms with E-state index in [-0.39, 0.29) is 49.4 Å². The van der Waals surface area contributed by atoms with Crippen LogP contribution >= 0.6 is 0 Å². The maximum absolute atomic E-state index is 11.1. The number of hydrogen-bond donors (Lipinski definition) is 4. The summed E-state index contributed by atoms with van der Waals surface area (Å²) in [5, 5.41) is 35.0. The summed E-state index contributed by atoms with van der Waals surface area (Å²) < 4.78 is 10.3. The van der Waals surface area contributed by atoms with E-state index in [1.807, 2.05) is 0 Å². The third-order valence-corrected chi connectivity index (χ3v) is 4.59. The van der Waals surface area contributed by atoms with Crippen molar-refractivity contribution in [2.75, 3.05) is 13.2 Å². The number of nitrogens with zero attached hydrogens (tertiary/aromatic N) is 2. The number of carbonyl (C=O) groups excluding carboxylic acids is 2. The van der Waals surface area contributed by atoms with E-state index in [9.17, 15) is 19.2 Å². The minimum atomic E-state index is -1.14. The van der Waals surface area contributed by atoms with Crippen molar-refractivity contribution in [2.45, 2.75) is 37.4 Å². The van der Waals surface area contributed by atoms with E-state index in [2.05, 4.69) is 0 Å². The summed E-state index contributed by atoms with van der Waals surface area (Å²) in [6.07, 6.45) is 2.05. The lowest BCUT2D eigenvalue weighted by Gasteiger charge is -2.33. The maximum atomic E-state index is 11.1. The van der Waals surface area contributed by atoms with Gasteiger partial charge in [-0.05, 0) is 12.2 Å². The fourth-order valence-corrected chi connectivity index (χ4v) is 3.32. The number of aliphatic hydroxyl groups is 2. The summed E-state index contributed by atoms with van der Waals surface area (Å²) in [7, 11) is 0. The number of carbonyl (C=O) groups is 4. The Bertz CT molecular complexity index is 711. The van der Waals surface area contributed by atoms with E-state index < -0.39 is 36.5 Å². The molecule has 0 aliphatic carbocycles. The molecule has 4 heterocycles. The molecule has 0 spiro atoms. The van der Waals surface area contributed by atoms with Crippen molar-refractivity contribution in [3.63, 3.8) is 0 Å². The van der Waals surface area contributed by atoms with Gasteiger partial charge in [-0.1, -0.05) is 0 Å². The van der Waals surface area contributed by atoms with Crippen LogP contribution in [0.1, 0.15) is 12.8 Å². The number of aliphatic carboxylic acids is 2. The maximum Gasteiger partial charge on any atom is 0.334 e. The predicted molar refractivity (Wildman–Crippen MR) is 85.9 cm³/mol. The summed E-state index contributed by atoms with van der Waals surface area (Å²) in [5.41, 5.74) is 0. The summed E-state index contributed by atoms with van der Waals surface area (Å²) in [4.78, 5) is 46.1. The van der Waals surface area contributed by atoms with Crippen molar-refractivity contribution < 1.29 is 49.1 Å². The van der Waals surface area contributed by atoms with E-state index in [1.54, 1.807) is 0 Å². The van der Waals surface area contributed by atoms with Crippen molar-refractivity contribution in [3.05, 3.63) is 23.7 Å². The van der Waals surface area contributed by atoms with Crippen LogP contribution in [0.15, 0.2) is 23.7 Å². The fraction of sp³-hybridized carbons (Fsp3) is 0.500. The molecule has 12 nitrogen and oxygen atoms in total. The smallest absolute Gasteiger partial charge is 0.334 e. The molecule has 4 aliphatic rings. The van der Waals surface area contributed by atoms with Gasteiger partial charge in [0.25, 0.3) is 0 Å². The van der Waals surface area contributed by atoms with Gasteiger partial charge in [-0.15, -0.1) is 0 Å². The van der Waals surface area contributed by atoms with E-state index in [0.717, 1.165) is 0 Å². The number of carboxylic acid groups (broad SMARTS) is 2. The second-order valence-corrected chi connectivity index (χ2v) is 6.21. The average Bonchev–Trinajstić information content (AvgIpc) is 3.07. The van der Waals surface area contributed by atoms with Crippen LogP contribution in [-0.4, -0.2) is 91.7 Å². The lowest BCUT2D eigenvalue weighted by Crippen LogP contribution is -2.54. The third kappa shape index (κ3) is 3.16. The Kier molecular flexibility index (Phi) is 5.25. The molecular formula is C16H18N2O10. The van der Waals surface area contributed by atoms with Crippen LogP contribution in [-0.2, 0) is 28.7 Å². The molecule has 0 saturated carbocycles. The van der Waals surface area contributed by atoms with Crippen LogP contribution < -0.4 is 0 Å². The van der Waals surface area contributed by atoms with Crippen LogP contribution in [0.4, 0.5) is 0 Å². The van der Waals surface area contributed by atoms with Crippen molar-refractivity contribution in [2.24, 2.45) is 0 Å². The number of ether oxygens (including phenoxy) is 2. The van der Waals surface area contributed by atoms with Gasteiger partial charge in [0.05, 0.1) is 26.1 Å². The molecule has 0 aromatic carbocycles. The molecule has 4 N–H and O–H groups in total. The van der Waals surface area contributed by atoms with Crippen LogP contribution in [0.2, 0.25) is 0 Å². The predicted octanol–water partition coefficient (Wildman–Crippen LogP) is -2.19. The van der Waals surface area contributed by atoms with Crippen LogP contribution in [0.3, 0.4) is 0 Å². The average molecular weight is 398 g/mol. The molecule has 4 fully saturated rings. The number of β-lactam (4-membered cyclic amide) rings is 2. The standard InChI is InChI=1S/2C8H9NO5/c2*10-2-1-4-7(8(12)13)9-5(11)3-6(9)14-4/h2*1,6-7,10H,2-3H2,(H,12,13)/b2*4-1-/t2*6-,7-/m11/s1. The Morgan fingerprint density at radius 3 is 1.46 bits per heavy atom. The highest BCUT2D eigenvalue weighted by Crippen LogP contribution is 2.37. The van der Waals surface area contributed by atoms with Gasteiger partial charge in [0.1, 0.15) is 11.5 Å². The monoisotopic (exact) mass is 398 g/mol. The number of amides is 2. The Morgan fingerprint density at radius 1 is 0.857 bits per heavy atom. The first-order chi connectivity index (χ1) is 13.3. The number of hydrogen-bond acceptors (Lipinski definition) is 8. The fourth-order valence-electron chi connectivity index (χ4n) is 3.32. The summed E-state index contributed by atoms with van der Waals surface area (Å²) in [5.74, 6) is -2.44.